The van der Waals surface area contributed by atoms with Crippen molar-refractivity contribution in [2.75, 3.05) is 19.6 Å². The summed E-state index contributed by atoms with van der Waals surface area (Å²) in [6, 6.07) is 6.25. The van der Waals surface area contributed by atoms with Gasteiger partial charge in [0, 0.05) is 19.0 Å². The van der Waals surface area contributed by atoms with Crippen LogP contribution in [0.25, 0.3) is 0 Å². The minimum Gasteiger partial charge on any atom is -0.447 e. The number of oxazole rings is 1. The van der Waals surface area contributed by atoms with E-state index < -0.39 is 0 Å². The summed E-state index contributed by atoms with van der Waals surface area (Å²) in [5, 5.41) is 0. The number of carbonyl (C=O) groups excluding carboxylic acids is 2. The van der Waals surface area contributed by atoms with Gasteiger partial charge in [0.25, 0.3) is 5.91 Å². The molecule has 1 saturated carbocycles. The molecule has 1 aromatic carbocycles. The maximum Gasteiger partial charge on any atom is 0.410 e. The molecule has 0 bridgehead atoms. The quantitative estimate of drug-likeness (QED) is 0.747. The highest BCUT2D eigenvalue weighted by Gasteiger charge is 2.49. The van der Waals surface area contributed by atoms with Gasteiger partial charge in [0.2, 0.25) is 0 Å². The Bertz CT molecular complexity index is 924. The zero-order chi connectivity index (χ0) is 20.0. The van der Waals surface area contributed by atoms with E-state index in [-0.39, 0.29) is 30.0 Å². The van der Waals surface area contributed by atoms with Gasteiger partial charge in [-0.2, -0.15) is 0 Å². The smallest absolute Gasteiger partial charge is 0.410 e. The van der Waals surface area contributed by atoms with Crippen molar-refractivity contribution in [3.63, 3.8) is 0 Å². The van der Waals surface area contributed by atoms with Gasteiger partial charge in [-0.1, -0.05) is 12.1 Å². The molecule has 2 aliphatic heterocycles. The first-order chi connectivity index (χ1) is 14.1. The topological polar surface area (TPSA) is 75.9 Å². The molecule has 3 fully saturated rings. The van der Waals surface area contributed by atoms with E-state index in [2.05, 4.69) is 4.98 Å². The lowest BCUT2D eigenvalue weighted by Crippen LogP contribution is -2.40. The molecule has 2 saturated heterocycles. The Hall–Kier alpha value is -2.90. The van der Waals surface area contributed by atoms with Gasteiger partial charge in [-0.05, 0) is 43.4 Å². The summed E-state index contributed by atoms with van der Waals surface area (Å²) in [7, 11) is 0. The van der Waals surface area contributed by atoms with E-state index in [1.807, 2.05) is 0 Å². The molecule has 0 unspecified atom stereocenters. The second-order valence-electron chi connectivity index (χ2n) is 7.96. The van der Waals surface area contributed by atoms with Crippen LogP contribution in [0, 0.1) is 5.82 Å². The van der Waals surface area contributed by atoms with Crippen LogP contribution in [-0.4, -0.2) is 58.6 Å². The molecule has 2 amide bonds. The van der Waals surface area contributed by atoms with Crippen molar-refractivity contribution in [1.29, 1.82) is 0 Å². The van der Waals surface area contributed by atoms with Crippen molar-refractivity contribution in [3.05, 3.63) is 53.5 Å². The monoisotopic (exact) mass is 399 g/mol. The Labute approximate surface area is 167 Å². The van der Waals surface area contributed by atoms with E-state index in [4.69, 9.17) is 9.15 Å². The Kier molecular flexibility index (Phi) is 4.49. The van der Waals surface area contributed by atoms with Crippen LogP contribution in [0.1, 0.15) is 47.0 Å². The first-order valence-electron chi connectivity index (χ1n) is 10.0. The average Bonchev–Trinajstić information content (AvgIpc) is 3.17. The molecule has 7 nitrogen and oxygen atoms in total. The number of ether oxygens (including phenoxy) is 1. The summed E-state index contributed by atoms with van der Waals surface area (Å²) >= 11 is 0. The minimum absolute atomic E-state index is 0.143. The van der Waals surface area contributed by atoms with Crippen molar-refractivity contribution in [1.82, 2.24) is 14.8 Å². The Balaban J connectivity index is 1.20. The largest absolute Gasteiger partial charge is 0.447 e. The number of likely N-dealkylation sites (tertiary alicyclic amines) is 1. The molecule has 0 spiro atoms. The number of carbonyl (C=O) groups is 2. The van der Waals surface area contributed by atoms with Crippen molar-refractivity contribution < 1.29 is 23.1 Å². The minimum atomic E-state index is -0.327. The third-order valence-electron chi connectivity index (χ3n) is 5.93. The lowest BCUT2D eigenvalue weighted by molar-refractivity contribution is 0.0721. The molecule has 2 atom stereocenters. The molecule has 0 N–H and O–H groups in total. The van der Waals surface area contributed by atoms with Crippen LogP contribution in [0.2, 0.25) is 0 Å². The standard InChI is InChI=1S/C21H22FN3O4/c22-15-7-3-13(4-8-15)2-1-9-25-16-10-24(11-17(16)29-21(25)27)20(26)18-19(14-5-6-14)28-12-23-18/h3-4,7-8,12,14,16-17H,1-2,5-6,9-11H2/t16-,17+/m0/s1. The Morgan fingerprint density at radius 1 is 1.21 bits per heavy atom. The van der Waals surface area contributed by atoms with Crippen LogP contribution in [0.15, 0.2) is 35.1 Å². The number of halogens is 1. The van der Waals surface area contributed by atoms with Gasteiger partial charge in [0.05, 0.1) is 12.6 Å². The van der Waals surface area contributed by atoms with Crippen molar-refractivity contribution in [2.24, 2.45) is 0 Å². The lowest BCUT2D eigenvalue weighted by Gasteiger charge is -2.22. The van der Waals surface area contributed by atoms with Crippen LogP contribution < -0.4 is 0 Å². The molecule has 5 rings (SSSR count). The zero-order valence-corrected chi connectivity index (χ0v) is 15.9. The normalized spacial score (nSPS) is 23.4. The summed E-state index contributed by atoms with van der Waals surface area (Å²) in [6.45, 7) is 1.35. The number of fused-ring (bicyclic) bond motifs is 1. The average molecular weight is 399 g/mol. The molecule has 1 aliphatic carbocycles. The van der Waals surface area contributed by atoms with Gasteiger partial charge in [-0.15, -0.1) is 0 Å². The van der Waals surface area contributed by atoms with Gasteiger partial charge in [-0.25, -0.2) is 14.2 Å². The van der Waals surface area contributed by atoms with Crippen LogP contribution >= 0.6 is 0 Å². The van der Waals surface area contributed by atoms with Gasteiger partial charge in [-0.3, -0.25) is 9.69 Å². The van der Waals surface area contributed by atoms with Crippen LogP contribution in [-0.2, 0) is 11.2 Å². The molecule has 2 aromatic rings. The van der Waals surface area contributed by atoms with Gasteiger partial charge >= 0.3 is 6.09 Å². The second-order valence-corrected chi connectivity index (χ2v) is 7.96. The lowest BCUT2D eigenvalue weighted by atomic mass is 10.1. The fourth-order valence-corrected chi connectivity index (χ4v) is 4.23. The van der Waals surface area contributed by atoms with E-state index >= 15 is 0 Å². The van der Waals surface area contributed by atoms with E-state index in [1.54, 1.807) is 21.9 Å². The van der Waals surface area contributed by atoms with Crippen molar-refractivity contribution in [3.8, 4) is 0 Å². The van der Waals surface area contributed by atoms with Crippen LogP contribution in [0.4, 0.5) is 9.18 Å². The maximum atomic E-state index is 13.0. The number of hydrogen-bond acceptors (Lipinski definition) is 5. The molecule has 3 aliphatic rings. The van der Waals surface area contributed by atoms with Crippen LogP contribution in [0.3, 0.4) is 0 Å². The highest BCUT2D eigenvalue weighted by molar-refractivity contribution is 5.94. The van der Waals surface area contributed by atoms with Crippen molar-refractivity contribution >= 4 is 12.0 Å². The molecular formula is C21H22FN3O4. The SMILES string of the molecule is O=C(c1ncoc1C1CC1)N1C[C@H]2OC(=O)N(CCCc3ccc(F)cc3)[C@H]2C1. The third kappa shape index (κ3) is 3.47. The summed E-state index contributed by atoms with van der Waals surface area (Å²) in [6.07, 6.45) is 4.24. The molecule has 152 valence electrons. The second kappa shape index (κ2) is 7.17. The van der Waals surface area contributed by atoms with E-state index in [0.717, 1.165) is 31.2 Å². The molecular weight excluding hydrogens is 377 g/mol. The fourth-order valence-electron chi connectivity index (χ4n) is 4.23. The molecule has 1 aromatic heterocycles. The van der Waals surface area contributed by atoms with Crippen molar-refractivity contribution in [2.45, 2.75) is 43.7 Å². The molecule has 8 heteroatoms. The molecule has 3 heterocycles. The molecule has 0 radical (unpaired) electrons. The number of aryl methyl sites for hydroxylation is 1. The van der Waals surface area contributed by atoms with E-state index in [9.17, 15) is 14.0 Å². The summed E-state index contributed by atoms with van der Waals surface area (Å²) < 4.78 is 23.9. The zero-order valence-electron chi connectivity index (χ0n) is 15.9. The summed E-state index contributed by atoms with van der Waals surface area (Å²) in [4.78, 5) is 32.7. The maximum absolute atomic E-state index is 13.0. The fraction of sp³-hybridized carbons (Fsp3) is 0.476. The highest BCUT2D eigenvalue weighted by Crippen LogP contribution is 2.42. The third-order valence-corrected chi connectivity index (χ3v) is 5.93. The first kappa shape index (κ1) is 18.1. The molecule has 29 heavy (non-hydrogen) atoms. The summed E-state index contributed by atoms with van der Waals surface area (Å²) in [5.74, 6) is 0.573. The van der Waals surface area contributed by atoms with E-state index in [0.29, 0.717) is 37.0 Å². The summed E-state index contributed by atoms with van der Waals surface area (Å²) in [5.41, 5.74) is 1.42. The van der Waals surface area contributed by atoms with Gasteiger partial charge < -0.3 is 14.1 Å². The van der Waals surface area contributed by atoms with E-state index in [1.165, 1.54) is 18.5 Å². The number of amides is 2. The number of aromatic nitrogens is 1. The van der Waals surface area contributed by atoms with Gasteiger partial charge in [0.15, 0.2) is 12.1 Å². The Morgan fingerprint density at radius 3 is 2.76 bits per heavy atom. The number of benzene rings is 1. The van der Waals surface area contributed by atoms with Gasteiger partial charge in [0.1, 0.15) is 17.7 Å². The number of nitrogens with zero attached hydrogens (tertiary/aromatic N) is 3. The number of rotatable bonds is 6. The Morgan fingerprint density at radius 2 is 2.00 bits per heavy atom. The first-order valence-corrected chi connectivity index (χ1v) is 10.0. The highest BCUT2D eigenvalue weighted by atomic mass is 19.1. The van der Waals surface area contributed by atoms with Crippen LogP contribution in [0.5, 0.6) is 0 Å². The predicted molar refractivity (Wildman–Crippen MR) is 99.9 cm³/mol. The predicted octanol–water partition coefficient (Wildman–Crippen LogP) is 2.97. The number of hydrogen-bond donors (Lipinski definition) is 0.